The Morgan fingerprint density at radius 3 is 2.50 bits per heavy atom. The molecule has 118 valence electrons. The van der Waals surface area contributed by atoms with Crippen molar-refractivity contribution < 1.29 is 36.2 Å². The van der Waals surface area contributed by atoms with Crippen LogP contribution in [0.1, 0.15) is 16.1 Å². The maximum Gasteiger partial charge on any atom is 0.426 e. The summed E-state index contributed by atoms with van der Waals surface area (Å²) in [5.41, 5.74) is -1.72. The maximum absolute atomic E-state index is 13.6. The summed E-state index contributed by atoms with van der Waals surface area (Å²) in [6.45, 7) is 0. The Morgan fingerprint density at radius 1 is 1.27 bits per heavy atom. The molecule has 6 nitrogen and oxygen atoms in total. The van der Waals surface area contributed by atoms with Crippen molar-refractivity contribution in [3.05, 3.63) is 29.6 Å². The van der Waals surface area contributed by atoms with Crippen LogP contribution in [0.5, 0.6) is 5.88 Å². The molecular weight excluding hydrogens is 312 g/mol. The number of esters is 1. The highest BCUT2D eigenvalue weighted by Gasteiger charge is 2.40. The molecular formula is C12H8F4N2O4. The van der Waals surface area contributed by atoms with Gasteiger partial charge in [-0.1, -0.05) is 0 Å². The van der Waals surface area contributed by atoms with E-state index in [1.807, 2.05) is 0 Å². The van der Waals surface area contributed by atoms with Crippen LogP contribution in [0.15, 0.2) is 16.7 Å². The standard InChI is InChI=1S/C12H8F4N2O4/c1-20-10-7(12(14,15)16)8(13)17-9(18-10)5-3-6(22-4-5)11(19)21-2/h3-4H,1-2H3. The zero-order valence-electron chi connectivity index (χ0n) is 11.2. The molecule has 0 aliphatic carbocycles. The summed E-state index contributed by atoms with van der Waals surface area (Å²) in [6, 6.07) is 1.10. The zero-order chi connectivity index (χ0) is 16.5. The number of hydrogen-bond donors (Lipinski definition) is 0. The number of rotatable bonds is 3. The zero-order valence-corrected chi connectivity index (χ0v) is 11.2. The highest BCUT2D eigenvalue weighted by atomic mass is 19.4. The molecule has 0 aromatic carbocycles. The van der Waals surface area contributed by atoms with Crippen LogP contribution in [-0.4, -0.2) is 30.2 Å². The first-order chi connectivity index (χ1) is 10.3. The van der Waals surface area contributed by atoms with Crippen molar-refractivity contribution in [1.29, 1.82) is 0 Å². The molecule has 0 atom stereocenters. The lowest BCUT2D eigenvalue weighted by Gasteiger charge is -2.11. The minimum atomic E-state index is -5.01. The lowest BCUT2D eigenvalue weighted by atomic mass is 10.2. The molecule has 0 amide bonds. The minimum absolute atomic E-state index is 0.00803. The molecule has 2 aromatic rings. The largest absolute Gasteiger partial charge is 0.480 e. The van der Waals surface area contributed by atoms with E-state index in [0.717, 1.165) is 26.5 Å². The van der Waals surface area contributed by atoms with E-state index >= 15 is 0 Å². The van der Waals surface area contributed by atoms with Crippen LogP contribution in [-0.2, 0) is 10.9 Å². The molecule has 0 bridgehead atoms. The summed E-state index contributed by atoms with van der Waals surface area (Å²) < 4.78 is 65.5. The van der Waals surface area contributed by atoms with Crippen LogP contribution in [0.2, 0.25) is 0 Å². The van der Waals surface area contributed by atoms with E-state index in [4.69, 9.17) is 4.42 Å². The normalized spacial score (nSPS) is 11.4. The third kappa shape index (κ3) is 2.85. The highest BCUT2D eigenvalue weighted by Crippen LogP contribution is 2.37. The molecule has 2 aromatic heterocycles. The third-order valence-corrected chi connectivity index (χ3v) is 2.55. The number of hydrogen-bond acceptors (Lipinski definition) is 6. The number of halogens is 4. The van der Waals surface area contributed by atoms with Crippen molar-refractivity contribution in [1.82, 2.24) is 9.97 Å². The lowest BCUT2D eigenvalue weighted by molar-refractivity contribution is -0.142. The van der Waals surface area contributed by atoms with Gasteiger partial charge in [-0.25, -0.2) is 4.79 Å². The summed E-state index contributed by atoms with van der Waals surface area (Å²) in [5, 5.41) is 0. The van der Waals surface area contributed by atoms with Gasteiger partial charge in [0.05, 0.1) is 19.8 Å². The SMILES string of the molecule is COC(=O)c1cc(-c2nc(F)c(C(F)(F)F)c(OC)n2)co1. The predicted octanol–water partition coefficient (Wildman–Crippen LogP) is 2.69. The van der Waals surface area contributed by atoms with Gasteiger partial charge in [0, 0.05) is 6.07 Å². The summed E-state index contributed by atoms with van der Waals surface area (Å²) in [4.78, 5) is 17.8. The van der Waals surface area contributed by atoms with E-state index < -0.39 is 35.4 Å². The molecule has 22 heavy (non-hydrogen) atoms. The van der Waals surface area contributed by atoms with E-state index in [9.17, 15) is 22.4 Å². The number of nitrogens with zero attached hydrogens (tertiary/aromatic N) is 2. The molecule has 0 radical (unpaired) electrons. The fraction of sp³-hybridized carbons (Fsp3) is 0.250. The summed E-state index contributed by atoms with van der Waals surface area (Å²) in [6.07, 6.45) is -4.03. The topological polar surface area (TPSA) is 74.5 Å². The molecule has 0 aliphatic heterocycles. The van der Waals surface area contributed by atoms with Gasteiger partial charge in [-0.05, 0) is 0 Å². The van der Waals surface area contributed by atoms with Gasteiger partial charge < -0.3 is 13.9 Å². The second-order valence-electron chi connectivity index (χ2n) is 3.91. The Balaban J connectivity index is 2.52. The molecule has 0 aliphatic rings. The first-order valence-corrected chi connectivity index (χ1v) is 5.64. The molecule has 0 N–H and O–H groups in total. The Labute approximate surface area is 120 Å². The lowest BCUT2D eigenvalue weighted by Crippen LogP contribution is -2.14. The summed E-state index contributed by atoms with van der Waals surface area (Å²) in [7, 11) is 2.03. The fourth-order valence-electron chi connectivity index (χ4n) is 1.59. The van der Waals surface area contributed by atoms with E-state index in [0.29, 0.717) is 0 Å². The van der Waals surface area contributed by atoms with Crippen LogP contribution in [0.3, 0.4) is 0 Å². The number of furan rings is 1. The maximum atomic E-state index is 13.6. The Bertz CT molecular complexity index is 712. The van der Waals surface area contributed by atoms with Gasteiger partial charge >= 0.3 is 12.1 Å². The van der Waals surface area contributed by atoms with Crippen LogP contribution >= 0.6 is 0 Å². The molecule has 0 fully saturated rings. The van der Waals surface area contributed by atoms with Crippen LogP contribution in [0.4, 0.5) is 17.6 Å². The minimum Gasteiger partial charge on any atom is -0.480 e. The number of ether oxygens (including phenoxy) is 2. The Hall–Kier alpha value is -2.65. The first kappa shape index (κ1) is 15.7. The Kier molecular flexibility index (Phi) is 4.02. The number of alkyl halides is 3. The van der Waals surface area contributed by atoms with E-state index in [2.05, 4.69) is 19.4 Å². The van der Waals surface area contributed by atoms with Crippen molar-refractivity contribution in [3.63, 3.8) is 0 Å². The first-order valence-electron chi connectivity index (χ1n) is 5.64. The number of carbonyl (C=O) groups excluding carboxylic acids is 1. The van der Waals surface area contributed by atoms with Gasteiger partial charge in [-0.2, -0.15) is 27.5 Å². The van der Waals surface area contributed by atoms with Gasteiger partial charge in [0.2, 0.25) is 17.6 Å². The monoisotopic (exact) mass is 320 g/mol. The average molecular weight is 320 g/mol. The molecule has 0 spiro atoms. The fourth-order valence-corrected chi connectivity index (χ4v) is 1.59. The van der Waals surface area contributed by atoms with Gasteiger partial charge in [0.25, 0.3) is 0 Å². The van der Waals surface area contributed by atoms with Crippen molar-refractivity contribution in [3.8, 4) is 17.3 Å². The van der Waals surface area contributed by atoms with Gasteiger partial charge in [-0.3, -0.25) is 0 Å². The second-order valence-corrected chi connectivity index (χ2v) is 3.91. The smallest absolute Gasteiger partial charge is 0.426 e. The molecule has 2 heterocycles. The molecule has 0 unspecified atom stereocenters. The van der Waals surface area contributed by atoms with Crippen LogP contribution < -0.4 is 4.74 Å². The molecule has 2 rings (SSSR count). The Morgan fingerprint density at radius 2 is 1.95 bits per heavy atom. The van der Waals surface area contributed by atoms with Gasteiger partial charge in [0.1, 0.15) is 6.26 Å². The van der Waals surface area contributed by atoms with E-state index in [1.54, 1.807) is 0 Å². The van der Waals surface area contributed by atoms with Crippen molar-refractivity contribution in [2.45, 2.75) is 6.18 Å². The highest BCUT2D eigenvalue weighted by molar-refractivity contribution is 5.87. The predicted molar refractivity (Wildman–Crippen MR) is 62.6 cm³/mol. The summed E-state index contributed by atoms with van der Waals surface area (Å²) >= 11 is 0. The van der Waals surface area contributed by atoms with Gasteiger partial charge in [0.15, 0.2) is 11.4 Å². The number of methoxy groups -OCH3 is 2. The number of aromatic nitrogens is 2. The van der Waals surface area contributed by atoms with Crippen molar-refractivity contribution >= 4 is 5.97 Å². The number of carbonyl (C=O) groups is 1. The third-order valence-electron chi connectivity index (χ3n) is 2.55. The van der Waals surface area contributed by atoms with Crippen LogP contribution in [0, 0.1) is 5.95 Å². The van der Waals surface area contributed by atoms with Crippen molar-refractivity contribution in [2.24, 2.45) is 0 Å². The van der Waals surface area contributed by atoms with Crippen molar-refractivity contribution in [2.75, 3.05) is 14.2 Å². The van der Waals surface area contributed by atoms with Gasteiger partial charge in [-0.15, -0.1) is 0 Å². The van der Waals surface area contributed by atoms with E-state index in [-0.39, 0.29) is 11.3 Å². The van der Waals surface area contributed by atoms with Crippen LogP contribution in [0.25, 0.3) is 11.4 Å². The molecule has 0 saturated carbocycles. The second kappa shape index (κ2) is 5.62. The average Bonchev–Trinajstić information content (AvgIpc) is 2.93. The van der Waals surface area contributed by atoms with E-state index in [1.165, 1.54) is 0 Å². The molecule has 10 heteroatoms. The molecule has 0 saturated heterocycles. The quantitative estimate of drug-likeness (QED) is 0.492. The summed E-state index contributed by atoms with van der Waals surface area (Å²) in [5.74, 6) is -4.25.